The Balaban J connectivity index is 1.84. The maximum absolute atomic E-state index is 12.7. The molecule has 1 aromatic carbocycles. The largest absolute Gasteiger partial charge is 0.244 e. The molecular weight excluding hydrogens is 310 g/mol. The van der Waals surface area contributed by atoms with Crippen LogP contribution in [0.25, 0.3) is 5.69 Å². The number of rotatable bonds is 4. The van der Waals surface area contributed by atoms with Crippen molar-refractivity contribution in [1.82, 2.24) is 14.5 Å². The lowest BCUT2D eigenvalue weighted by molar-refractivity contribution is 0.509. The van der Waals surface area contributed by atoms with Crippen molar-refractivity contribution in [2.24, 2.45) is 0 Å². The van der Waals surface area contributed by atoms with Crippen molar-refractivity contribution in [3.8, 4) is 5.69 Å². The van der Waals surface area contributed by atoms with E-state index in [1.54, 1.807) is 17.8 Å². The zero-order valence-electron chi connectivity index (χ0n) is 13.4. The monoisotopic (exact) mass is 333 g/mol. The van der Waals surface area contributed by atoms with Gasteiger partial charge in [0, 0.05) is 6.04 Å². The molecule has 23 heavy (non-hydrogen) atoms. The Morgan fingerprint density at radius 2 is 1.74 bits per heavy atom. The molecule has 0 radical (unpaired) electrons. The van der Waals surface area contributed by atoms with E-state index in [9.17, 15) is 8.42 Å². The molecule has 5 nitrogen and oxygen atoms in total. The van der Waals surface area contributed by atoms with Gasteiger partial charge in [-0.05, 0) is 31.9 Å². The molecule has 1 aromatic heterocycles. The summed E-state index contributed by atoms with van der Waals surface area (Å²) in [6, 6.07) is 9.59. The van der Waals surface area contributed by atoms with E-state index in [0.717, 1.165) is 31.4 Å². The number of aryl methyl sites for hydroxylation is 1. The van der Waals surface area contributed by atoms with Gasteiger partial charge in [-0.25, -0.2) is 17.8 Å². The molecule has 0 saturated heterocycles. The molecule has 1 heterocycles. The number of sulfonamides is 1. The molecule has 0 unspecified atom stereocenters. The second kappa shape index (κ2) is 6.84. The number of aromatic nitrogens is 2. The van der Waals surface area contributed by atoms with E-state index in [0.29, 0.717) is 5.69 Å². The molecule has 124 valence electrons. The number of nitrogens with one attached hydrogen (secondary N) is 1. The smallest absolute Gasteiger partial charge is 0.239 e. The summed E-state index contributed by atoms with van der Waals surface area (Å²) in [5, 5.41) is 4.36. The summed E-state index contributed by atoms with van der Waals surface area (Å²) >= 11 is 0. The quantitative estimate of drug-likeness (QED) is 0.874. The third kappa shape index (κ3) is 3.82. The van der Waals surface area contributed by atoms with Crippen LogP contribution < -0.4 is 4.72 Å². The van der Waals surface area contributed by atoms with Crippen molar-refractivity contribution >= 4 is 10.0 Å². The first-order chi connectivity index (χ1) is 11.1. The molecule has 0 bridgehead atoms. The highest BCUT2D eigenvalue weighted by Gasteiger charge is 2.25. The first-order valence-electron chi connectivity index (χ1n) is 8.20. The van der Waals surface area contributed by atoms with Crippen LogP contribution in [0.5, 0.6) is 0 Å². The van der Waals surface area contributed by atoms with E-state index in [-0.39, 0.29) is 10.9 Å². The van der Waals surface area contributed by atoms with Gasteiger partial charge in [0.25, 0.3) is 0 Å². The van der Waals surface area contributed by atoms with Gasteiger partial charge in [-0.2, -0.15) is 5.10 Å². The Morgan fingerprint density at radius 1 is 1.09 bits per heavy atom. The predicted octanol–water partition coefficient (Wildman–Crippen LogP) is 3.18. The van der Waals surface area contributed by atoms with Crippen LogP contribution in [0.15, 0.2) is 41.4 Å². The number of benzene rings is 1. The Kier molecular flexibility index (Phi) is 4.82. The van der Waals surface area contributed by atoms with E-state index in [2.05, 4.69) is 9.82 Å². The van der Waals surface area contributed by atoms with Crippen LogP contribution in [0.1, 0.15) is 44.2 Å². The zero-order chi connectivity index (χ0) is 16.3. The fraction of sp³-hybridized carbons (Fsp3) is 0.471. The molecule has 0 atom stereocenters. The fourth-order valence-corrected chi connectivity index (χ4v) is 4.57. The maximum Gasteiger partial charge on any atom is 0.244 e. The van der Waals surface area contributed by atoms with E-state index in [1.165, 1.54) is 12.8 Å². The molecular formula is C17H23N3O2S. The normalized spacial score (nSPS) is 17.1. The minimum absolute atomic E-state index is 0.0435. The molecule has 2 aromatic rings. The Morgan fingerprint density at radius 3 is 2.39 bits per heavy atom. The van der Waals surface area contributed by atoms with E-state index in [1.807, 2.05) is 30.3 Å². The first kappa shape index (κ1) is 16.2. The SMILES string of the molecule is Cc1nn(-c2ccccc2)cc1S(=O)(=O)NC1CCCCCC1. The van der Waals surface area contributed by atoms with Crippen LogP contribution >= 0.6 is 0 Å². The Labute approximate surface area is 137 Å². The highest BCUT2D eigenvalue weighted by atomic mass is 32.2. The number of hydrogen-bond donors (Lipinski definition) is 1. The minimum Gasteiger partial charge on any atom is -0.239 e. The van der Waals surface area contributed by atoms with Crippen molar-refractivity contribution in [1.29, 1.82) is 0 Å². The lowest BCUT2D eigenvalue weighted by Crippen LogP contribution is -2.34. The molecule has 1 aliphatic rings. The summed E-state index contributed by atoms with van der Waals surface area (Å²) in [7, 11) is -3.53. The van der Waals surface area contributed by atoms with Gasteiger partial charge in [-0.3, -0.25) is 0 Å². The number of para-hydroxylation sites is 1. The molecule has 0 amide bonds. The molecule has 1 fully saturated rings. The van der Waals surface area contributed by atoms with Gasteiger partial charge in [-0.1, -0.05) is 43.9 Å². The summed E-state index contributed by atoms with van der Waals surface area (Å²) in [6.07, 6.45) is 8.02. The highest BCUT2D eigenvalue weighted by Crippen LogP contribution is 2.21. The van der Waals surface area contributed by atoms with Gasteiger partial charge in [0.1, 0.15) is 4.90 Å². The third-order valence-corrected chi connectivity index (χ3v) is 5.96. The van der Waals surface area contributed by atoms with E-state index >= 15 is 0 Å². The maximum atomic E-state index is 12.7. The van der Waals surface area contributed by atoms with E-state index < -0.39 is 10.0 Å². The standard InChI is InChI=1S/C17H23N3O2S/c1-14-17(13-20(18-14)16-11-7-4-8-12-16)23(21,22)19-15-9-5-2-3-6-10-15/h4,7-8,11-13,15,19H,2-3,5-6,9-10H2,1H3. The lowest BCUT2D eigenvalue weighted by Gasteiger charge is -2.15. The first-order valence-corrected chi connectivity index (χ1v) is 9.68. The molecule has 0 spiro atoms. The van der Waals surface area contributed by atoms with Gasteiger partial charge >= 0.3 is 0 Å². The fourth-order valence-electron chi connectivity index (χ4n) is 3.10. The van der Waals surface area contributed by atoms with Gasteiger partial charge in [0.15, 0.2) is 0 Å². The highest BCUT2D eigenvalue weighted by molar-refractivity contribution is 7.89. The van der Waals surface area contributed by atoms with Crippen molar-refractivity contribution in [2.75, 3.05) is 0 Å². The van der Waals surface area contributed by atoms with Crippen molar-refractivity contribution in [3.63, 3.8) is 0 Å². The van der Waals surface area contributed by atoms with Crippen molar-refractivity contribution in [3.05, 3.63) is 42.2 Å². The zero-order valence-corrected chi connectivity index (χ0v) is 14.2. The second-order valence-electron chi connectivity index (χ2n) is 6.17. The van der Waals surface area contributed by atoms with Gasteiger partial charge < -0.3 is 0 Å². The second-order valence-corrected chi connectivity index (χ2v) is 7.85. The van der Waals surface area contributed by atoms with Crippen LogP contribution in [0.2, 0.25) is 0 Å². The van der Waals surface area contributed by atoms with Crippen LogP contribution in [0, 0.1) is 6.92 Å². The summed E-state index contributed by atoms with van der Waals surface area (Å²) < 4.78 is 29.9. The summed E-state index contributed by atoms with van der Waals surface area (Å²) in [4.78, 5) is 0.269. The lowest BCUT2D eigenvalue weighted by atomic mass is 10.1. The van der Waals surface area contributed by atoms with Crippen LogP contribution in [0.4, 0.5) is 0 Å². The van der Waals surface area contributed by atoms with Crippen LogP contribution in [-0.2, 0) is 10.0 Å². The molecule has 1 N–H and O–H groups in total. The molecule has 6 heteroatoms. The molecule has 0 aliphatic heterocycles. The Bertz CT molecular complexity index is 745. The van der Waals surface area contributed by atoms with Crippen molar-refractivity contribution < 1.29 is 8.42 Å². The molecule has 1 saturated carbocycles. The van der Waals surface area contributed by atoms with Gasteiger partial charge in [0.2, 0.25) is 10.0 Å². The topological polar surface area (TPSA) is 64.0 Å². The molecule has 1 aliphatic carbocycles. The average molecular weight is 333 g/mol. The number of nitrogens with zero attached hydrogens (tertiary/aromatic N) is 2. The third-order valence-electron chi connectivity index (χ3n) is 4.34. The number of hydrogen-bond acceptors (Lipinski definition) is 3. The van der Waals surface area contributed by atoms with Gasteiger partial charge in [0.05, 0.1) is 17.6 Å². The van der Waals surface area contributed by atoms with Crippen molar-refractivity contribution in [2.45, 2.75) is 56.4 Å². The van der Waals surface area contributed by atoms with Crippen LogP contribution in [0.3, 0.4) is 0 Å². The summed E-state index contributed by atoms with van der Waals surface area (Å²) in [6.45, 7) is 1.74. The summed E-state index contributed by atoms with van der Waals surface area (Å²) in [5.74, 6) is 0. The van der Waals surface area contributed by atoms with E-state index in [4.69, 9.17) is 0 Å². The van der Waals surface area contributed by atoms with Crippen LogP contribution in [-0.4, -0.2) is 24.2 Å². The van der Waals surface area contributed by atoms with Gasteiger partial charge in [-0.15, -0.1) is 0 Å². The molecule has 3 rings (SSSR count). The summed E-state index contributed by atoms with van der Waals surface area (Å²) in [5.41, 5.74) is 1.38. The average Bonchev–Trinajstić information content (AvgIpc) is 2.76. The predicted molar refractivity (Wildman–Crippen MR) is 90.1 cm³/mol. The minimum atomic E-state index is -3.53. The Hall–Kier alpha value is -1.66.